The van der Waals surface area contributed by atoms with E-state index in [1.54, 1.807) is 66.7 Å². The number of sulfonamides is 2. The molecular formula is C36H31I2N5O9S2. The number of fused-ring (bicyclic) bond motifs is 2. The summed E-state index contributed by atoms with van der Waals surface area (Å²) in [5, 5.41) is 14.8. The Kier molecular flexibility index (Phi) is 13.0. The Morgan fingerprint density at radius 3 is 1.46 bits per heavy atom. The zero-order valence-electron chi connectivity index (χ0n) is 28.1. The number of primary amides is 1. The first-order chi connectivity index (χ1) is 25.6. The average Bonchev–Trinajstić information content (AvgIpc) is 3.12. The summed E-state index contributed by atoms with van der Waals surface area (Å²) in [6, 6.07) is 23.2. The van der Waals surface area contributed by atoms with Crippen molar-refractivity contribution in [3.05, 3.63) is 114 Å². The molecule has 0 saturated heterocycles. The molecule has 54 heavy (non-hydrogen) atoms. The average molecular weight is 996 g/mol. The number of hydrogen-bond donors (Lipinski definition) is 4. The van der Waals surface area contributed by atoms with Crippen LogP contribution >= 0.6 is 45.2 Å². The van der Waals surface area contributed by atoms with Gasteiger partial charge in [0.1, 0.15) is 9.79 Å². The highest BCUT2D eigenvalue weighted by atomic mass is 127. The Morgan fingerprint density at radius 1 is 0.630 bits per heavy atom. The fraction of sp³-hybridized carbons (Fsp3) is 0.167. The van der Waals surface area contributed by atoms with Gasteiger partial charge in [0.25, 0.3) is 20.0 Å². The summed E-state index contributed by atoms with van der Waals surface area (Å²) in [6.07, 6.45) is 1.82. The Labute approximate surface area is 338 Å². The number of carbonyl (C=O) groups excluding carboxylic acids is 3. The topological polar surface area (TPSA) is 232 Å². The second-order valence-electron chi connectivity index (χ2n) is 11.9. The SMILES string of the molecule is NC(=O)c1ccccc1CCCC(=O)C1=NS(=O)(=O)c2cc(I)ccc2N1.O=C(CCCc1ccccc1C(=O)O)C1=NS(=O)(=O)c2cc(I)ccc2N1. The van der Waals surface area contributed by atoms with E-state index in [-0.39, 0.29) is 39.9 Å². The van der Waals surface area contributed by atoms with Gasteiger partial charge >= 0.3 is 5.97 Å². The highest BCUT2D eigenvalue weighted by Gasteiger charge is 2.29. The number of carboxylic acid groups (broad SMARTS) is 1. The molecule has 0 radical (unpaired) electrons. The summed E-state index contributed by atoms with van der Waals surface area (Å²) in [5.74, 6) is -2.78. The van der Waals surface area contributed by atoms with E-state index in [1.165, 1.54) is 18.2 Å². The standard InChI is InChI=1S/C18H16IN3O4S.C18H15IN2O5S/c19-12-8-9-14-16(10-12)27(25,26)22-18(21-14)15(23)7-3-5-11-4-1-2-6-13(11)17(20)24;19-12-8-9-14-16(10-12)27(25,26)21-17(20-14)15(22)7-3-5-11-4-1-2-6-13(11)18(23)24/h1-2,4,6,8-10H,3,5,7H2,(H2,20,24)(H,21,22);1-2,4,6,8-10H,3,5,7H2,(H,20,21)(H,23,24). The number of carbonyl (C=O) groups is 4. The number of nitrogens with two attached hydrogens (primary N) is 1. The third-order valence-corrected chi connectivity index (χ3v) is 12.1. The molecule has 2 aliphatic heterocycles. The Morgan fingerprint density at radius 2 is 1.04 bits per heavy atom. The minimum Gasteiger partial charge on any atom is -0.478 e. The lowest BCUT2D eigenvalue weighted by atomic mass is 10.0. The van der Waals surface area contributed by atoms with Crippen molar-refractivity contribution in [2.24, 2.45) is 14.5 Å². The van der Waals surface area contributed by atoms with Crippen molar-refractivity contribution in [1.29, 1.82) is 0 Å². The van der Waals surface area contributed by atoms with E-state index in [0.29, 0.717) is 48.2 Å². The van der Waals surface area contributed by atoms with E-state index >= 15 is 0 Å². The van der Waals surface area contributed by atoms with Crippen LogP contribution in [0.5, 0.6) is 0 Å². The monoisotopic (exact) mass is 995 g/mol. The Hall–Kier alpha value is -4.54. The third-order valence-electron chi connectivity index (χ3n) is 8.13. The maximum Gasteiger partial charge on any atom is 0.335 e. The van der Waals surface area contributed by atoms with Crippen LogP contribution in [0.4, 0.5) is 11.4 Å². The summed E-state index contributed by atoms with van der Waals surface area (Å²) >= 11 is 4.01. The van der Waals surface area contributed by atoms with E-state index in [4.69, 9.17) is 5.73 Å². The summed E-state index contributed by atoms with van der Waals surface area (Å²) in [6.45, 7) is 0. The van der Waals surface area contributed by atoms with Gasteiger partial charge in [0.05, 0.1) is 16.9 Å². The fourth-order valence-electron chi connectivity index (χ4n) is 5.55. The van der Waals surface area contributed by atoms with Gasteiger partial charge in [-0.1, -0.05) is 36.4 Å². The van der Waals surface area contributed by atoms with E-state index in [9.17, 15) is 41.1 Å². The molecule has 2 aliphatic rings. The van der Waals surface area contributed by atoms with Gasteiger partial charge in [0, 0.05) is 25.5 Å². The van der Waals surface area contributed by atoms with Crippen molar-refractivity contribution in [2.75, 3.05) is 10.6 Å². The Bertz CT molecular complexity index is 2300. The molecule has 0 unspecified atom stereocenters. The van der Waals surface area contributed by atoms with Gasteiger partial charge < -0.3 is 21.5 Å². The molecule has 0 aliphatic carbocycles. The predicted molar refractivity (Wildman–Crippen MR) is 219 cm³/mol. The molecule has 0 spiro atoms. The Balaban J connectivity index is 0.000000208. The van der Waals surface area contributed by atoms with Crippen LogP contribution in [0, 0.1) is 7.14 Å². The van der Waals surface area contributed by atoms with Crippen molar-refractivity contribution in [3.63, 3.8) is 0 Å². The highest BCUT2D eigenvalue weighted by molar-refractivity contribution is 14.1. The van der Waals surface area contributed by atoms with Crippen LogP contribution in [0.25, 0.3) is 0 Å². The number of amides is 1. The van der Waals surface area contributed by atoms with Crippen LogP contribution in [0.15, 0.2) is 104 Å². The maximum absolute atomic E-state index is 12.4. The second kappa shape index (κ2) is 17.3. The molecule has 0 saturated carbocycles. The molecule has 4 aromatic rings. The van der Waals surface area contributed by atoms with E-state index < -0.39 is 43.5 Å². The third kappa shape index (κ3) is 9.95. The lowest BCUT2D eigenvalue weighted by Crippen LogP contribution is -2.29. The van der Waals surface area contributed by atoms with Gasteiger partial charge in [-0.15, -0.1) is 8.80 Å². The van der Waals surface area contributed by atoms with Crippen LogP contribution < -0.4 is 16.4 Å². The number of ketones is 2. The van der Waals surface area contributed by atoms with Crippen molar-refractivity contribution in [3.8, 4) is 0 Å². The zero-order valence-corrected chi connectivity index (χ0v) is 34.0. The van der Waals surface area contributed by atoms with Gasteiger partial charge in [-0.3, -0.25) is 14.4 Å². The predicted octanol–water partition coefficient (Wildman–Crippen LogP) is 5.59. The smallest absolute Gasteiger partial charge is 0.335 e. The first kappa shape index (κ1) is 40.6. The lowest BCUT2D eigenvalue weighted by Gasteiger charge is -2.17. The van der Waals surface area contributed by atoms with Crippen LogP contribution in [0.1, 0.15) is 57.5 Å². The van der Waals surface area contributed by atoms with E-state index in [2.05, 4.69) is 19.4 Å². The van der Waals surface area contributed by atoms with E-state index in [1.807, 2.05) is 45.2 Å². The first-order valence-electron chi connectivity index (χ1n) is 16.1. The highest BCUT2D eigenvalue weighted by Crippen LogP contribution is 2.30. The molecule has 0 atom stereocenters. The zero-order chi connectivity index (χ0) is 39.2. The normalized spacial score (nSPS) is 14.6. The van der Waals surface area contributed by atoms with Crippen LogP contribution in [0.3, 0.4) is 0 Å². The van der Waals surface area contributed by atoms with Gasteiger partial charge in [-0.25, -0.2) is 4.79 Å². The first-order valence-corrected chi connectivity index (χ1v) is 21.2. The molecule has 280 valence electrons. The van der Waals surface area contributed by atoms with Crippen molar-refractivity contribution in [2.45, 2.75) is 48.3 Å². The minimum absolute atomic E-state index is 0.0429. The molecule has 6 rings (SSSR count). The molecule has 1 amide bonds. The minimum atomic E-state index is -3.93. The van der Waals surface area contributed by atoms with Crippen molar-refractivity contribution in [1.82, 2.24) is 0 Å². The molecule has 18 heteroatoms. The number of Topliss-reactive ketones (excluding diaryl/α,β-unsaturated/α-hetero) is 2. The van der Waals surface area contributed by atoms with Gasteiger partial charge in [-0.2, -0.15) is 16.8 Å². The molecule has 2 heterocycles. The number of amidine groups is 2. The second-order valence-corrected chi connectivity index (χ2v) is 17.5. The van der Waals surface area contributed by atoms with Gasteiger partial charge in [0.2, 0.25) is 5.91 Å². The van der Waals surface area contributed by atoms with Crippen LogP contribution in [0.2, 0.25) is 0 Å². The molecule has 14 nitrogen and oxygen atoms in total. The fourth-order valence-corrected chi connectivity index (χ4v) is 9.27. The number of hydrogen-bond acceptors (Lipinski definition) is 10. The molecule has 0 aromatic heterocycles. The number of benzene rings is 4. The number of nitrogens with one attached hydrogen (secondary N) is 2. The summed E-state index contributed by atoms with van der Waals surface area (Å²) in [5.41, 5.74) is 8.01. The molecule has 5 N–H and O–H groups in total. The quantitative estimate of drug-likeness (QED) is 0.128. The molecular weight excluding hydrogens is 964 g/mol. The summed E-state index contributed by atoms with van der Waals surface area (Å²) in [7, 11) is -7.85. The largest absolute Gasteiger partial charge is 0.478 e. The van der Waals surface area contributed by atoms with Crippen LogP contribution in [-0.2, 0) is 42.5 Å². The summed E-state index contributed by atoms with van der Waals surface area (Å²) < 4.78 is 58.0. The van der Waals surface area contributed by atoms with Crippen molar-refractivity contribution >= 4 is 112 Å². The molecule has 0 fully saturated rings. The van der Waals surface area contributed by atoms with Gasteiger partial charge in [0.15, 0.2) is 23.2 Å². The number of nitrogens with zero attached hydrogens (tertiary/aromatic N) is 2. The summed E-state index contributed by atoms with van der Waals surface area (Å²) in [4.78, 5) is 47.6. The molecule has 0 bridgehead atoms. The lowest BCUT2D eigenvalue weighted by molar-refractivity contribution is -0.113. The number of aromatic carboxylic acids is 1. The maximum atomic E-state index is 12.4. The van der Waals surface area contributed by atoms with Gasteiger partial charge in [-0.05, 0) is 131 Å². The number of aryl methyl sites for hydroxylation is 2. The number of carboxylic acids is 1. The number of anilines is 2. The molecule has 4 aromatic carbocycles. The van der Waals surface area contributed by atoms with Crippen molar-refractivity contribution < 1.29 is 41.1 Å². The van der Waals surface area contributed by atoms with Crippen LogP contribution in [-0.4, -0.2) is 57.1 Å². The number of rotatable bonds is 12. The number of halogens is 2. The van der Waals surface area contributed by atoms with E-state index in [0.717, 1.165) is 12.7 Å².